The second-order valence-electron chi connectivity index (χ2n) is 7.11. The Balaban J connectivity index is 2.99. The van der Waals surface area contributed by atoms with Crippen molar-refractivity contribution in [2.24, 2.45) is 11.5 Å². The summed E-state index contributed by atoms with van der Waals surface area (Å²) in [5.41, 5.74) is 10.6. The van der Waals surface area contributed by atoms with Crippen LogP contribution in [0.1, 0.15) is 39.5 Å². The Morgan fingerprint density at radius 3 is 2.24 bits per heavy atom. The van der Waals surface area contributed by atoms with Gasteiger partial charge >= 0.3 is 5.97 Å². The lowest BCUT2D eigenvalue weighted by atomic mass is 10.1. The number of carboxylic acids is 1. The van der Waals surface area contributed by atoms with Crippen molar-refractivity contribution in [1.82, 2.24) is 15.5 Å². The van der Waals surface area contributed by atoms with Crippen LogP contribution in [0.3, 0.4) is 0 Å². The van der Waals surface area contributed by atoms with Gasteiger partial charge in [-0.1, -0.05) is 0 Å². The molecule has 1 aliphatic rings. The molecule has 1 saturated heterocycles. The van der Waals surface area contributed by atoms with Gasteiger partial charge in [-0.25, -0.2) is 4.79 Å². The fraction of sp³-hybridized carbons (Fsp3) is 0.706. The Morgan fingerprint density at radius 1 is 1.14 bits per heavy atom. The summed E-state index contributed by atoms with van der Waals surface area (Å²) in [7, 11) is 0. The predicted octanol–water partition coefficient (Wildman–Crippen LogP) is -2.97. The maximum absolute atomic E-state index is 12.9. The van der Waals surface area contributed by atoms with Crippen LogP contribution in [-0.4, -0.2) is 81.5 Å². The number of primary amides is 1. The molecule has 0 bridgehead atoms. The van der Waals surface area contributed by atoms with Crippen LogP contribution in [-0.2, 0) is 24.0 Å². The number of likely N-dealkylation sites (tertiary alicyclic amines) is 1. The molecule has 1 rings (SSSR count). The average molecular weight is 415 g/mol. The molecule has 8 N–H and O–H groups in total. The zero-order valence-electron chi connectivity index (χ0n) is 16.5. The normalized spacial score (nSPS) is 20.3. The van der Waals surface area contributed by atoms with Crippen molar-refractivity contribution in [3.8, 4) is 0 Å². The molecular weight excluding hydrogens is 386 g/mol. The predicted molar refractivity (Wildman–Crippen MR) is 100.0 cm³/mol. The maximum atomic E-state index is 12.9. The summed E-state index contributed by atoms with van der Waals surface area (Å²) in [4.78, 5) is 60.9. The summed E-state index contributed by atoms with van der Waals surface area (Å²) >= 11 is 0. The van der Waals surface area contributed by atoms with Crippen LogP contribution in [0.5, 0.6) is 0 Å². The number of carbonyl (C=O) groups is 5. The van der Waals surface area contributed by atoms with E-state index in [1.165, 1.54) is 13.8 Å². The number of nitrogens with one attached hydrogen (secondary N) is 2. The lowest BCUT2D eigenvalue weighted by molar-refractivity contribution is -0.149. The zero-order valence-corrected chi connectivity index (χ0v) is 16.5. The standard InChI is InChI=1S/C17H29N5O7/c1-8(18)14(25)21-13(9(2)23)15(26)20-10(5-6-12(19)24)16(27)22-7-3-4-11(22)17(28)29/h8-11,13,23H,3-7,18H2,1-2H3,(H2,19,24)(H,20,26)(H,21,25)(H,28,29). The average Bonchev–Trinajstić information content (AvgIpc) is 3.11. The summed E-state index contributed by atoms with van der Waals surface area (Å²) in [5.74, 6) is -4.10. The van der Waals surface area contributed by atoms with E-state index in [0.29, 0.717) is 6.42 Å². The van der Waals surface area contributed by atoms with Crippen LogP contribution in [0.2, 0.25) is 0 Å². The molecule has 5 unspecified atom stereocenters. The number of carbonyl (C=O) groups excluding carboxylic acids is 4. The smallest absolute Gasteiger partial charge is 0.326 e. The van der Waals surface area contributed by atoms with E-state index in [-0.39, 0.29) is 25.8 Å². The largest absolute Gasteiger partial charge is 0.480 e. The first-order chi connectivity index (χ1) is 13.5. The molecule has 1 fully saturated rings. The molecule has 12 heteroatoms. The highest BCUT2D eigenvalue weighted by atomic mass is 16.4. The van der Waals surface area contributed by atoms with Crippen LogP contribution < -0.4 is 22.1 Å². The summed E-state index contributed by atoms with van der Waals surface area (Å²) in [5, 5.41) is 23.8. The van der Waals surface area contributed by atoms with Crippen LogP contribution in [0.15, 0.2) is 0 Å². The highest BCUT2D eigenvalue weighted by Crippen LogP contribution is 2.19. The molecule has 5 atom stereocenters. The minimum Gasteiger partial charge on any atom is -0.480 e. The van der Waals surface area contributed by atoms with Gasteiger partial charge in [-0.05, 0) is 33.1 Å². The highest BCUT2D eigenvalue weighted by molar-refractivity contribution is 5.94. The number of nitrogens with two attached hydrogens (primary N) is 2. The van der Waals surface area contributed by atoms with Gasteiger partial charge in [-0.3, -0.25) is 19.2 Å². The Labute approximate surface area is 168 Å². The van der Waals surface area contributed by atoms with Gasteiger partial charge in [0.05, 0.1) is 12.1 Å². The number of carboxylic acid groups (broad SMARTS) is 1. The molecule has 29 heavy (non-hydrogen) atoms. The Bertz CT molecular complexity index is 652. The number of hydrogen-bond donors (Lipinski definition) is 6. The number of aliphatic hydroxyl groups is 1. The molecular formula is C17H29N5O7. The number of aliphatic hydroxyl groups excluding tert-OH is 1. The molecule has 0 aromatic rings. The SMILES string of the molecule is CC(N)C(=O)NC(C(=O)NC(CCC(N)=O)C(=O)N1CCCC1C(=O)O)C(C)O. The summed E-state index contributed by atoms with van der Waals surface area (Å²) in [6, 6.07) is -4.60. The van der Waals surface area contributed by atoms with E-state index in [2.05, 4.69) is 10.6 Å². The molecule has 4 amide bonds. The van der Waals surface area contributed by atoms with Crippen molar-refractivity contribution < 1.29 is 34.2 Å². The molecule has 0 aromatic carbocycles. The fourth-order valence-corrected chi connectivity index (χ4v) is 2.98. The van der Waals surface area contributed by atoms with Crippen molar-refractivity contribution in [3.63, 3.8) is 0 Å². The number of rotatable bonds is 10. The molecule has 0 aromatic heterocycles. The number of aliphatic carboxylic acids is 1. The van der Waals surface area contributed by atoms with E-state index in [1.54, 1.807) is 0 Å². The first-order valence-electron chi connectivity index (χ1n) is 9.31. The van der Waals surface area contributed by atoms with Gasteiger partial charge in [0.2, 0.25) is 23.6 Å². The van der Waals surface area contributed by atoms with E-state index in [1.807, 2.05) is 0 Å². The van der Waals surface area contributed by atoms with Crippen LogP contribution >= 0.6 is 0 Å². The van der Waals surface area contributed by atoms with E-state index in [0.717, 1.165) is 4.90 Å². The third kappa shape index (κ3) is 6.98. The summed E-state index contributed by atoms with van der Waals surface area (Å²) < 4.78 is 0. The van der Waals surface area contributed by atoms with Gasteiger partial charge in [-0.2, -0.15) is 0 Å². The van der Waals surface area contributed by atoms with Gasteiger partial charge in [0.25, 0.3) is 0 Å². The van der Waals surface area contributed by atoms with Crippen molar-refractivity contribution in [3.05, 3.63) is 0 Å². The molecule has 1 aliphatic heterocycles. The highest BCUT2D eigenvalue weighted by Gasteiger charge is 2.38. The zero-order chi connectivity index (χ0) is 22.3. The second kappa shape index (κ2) is 10.7. The number of hydrogen-bond acceptors (Lipinski definition) is 7. The van der Waals surface area contributed by atoms with Gasteiger partial charge in [0.15, 0.2) is 0 Å². The van der Waals surface area contributed by atoms with Gasteiger partial charge < -0.3 is 37.2 Å². The molecule has 1 heterocycles. The lowest BCUT2D eigenvalue weighted by Crippen LogP contribution is -2.59. The molecule has 0 aliphatic carbocycles. The first-order valence-corrected chi connectivity index (χ1v) is 9.31. The first kappa shape index (κ1) is 24.3. The lowest BCUT2D eigenvalue weighted by Gasteiger charge is -2.29. The van der Waals surface area contributed by atoms with Crippen molar-refractivity contribution in [2.45, 2.75) is 69.8 Å². The number of nitrogens with zero attached hydrogens (tertiary/aromatic N) is 1. The van der Waals surface area contributed by atoms with Gasteiger partial charge in [0, 0.05) is 13.0 Å². The number of amides is 4. The second-order valence-corrected chi connectivity index (χ2v) is 7.11. The van der Waals surface area contributed by atoms with E-state index in [4.69, 9.17) is 11.5 Å². The maximum Gasteiger partial charge on any atom is 0.326 e. The monoisotopic (exact) mass is 415 g/mol. The Kier molecular flexibility index (Phi) is 8.98. The molecule has 0 spiro atoms. The van der Waals surface area contributed by atoms with E-state index >= 15 is 0 Å². The van der Waals surface area contributed by atoms with Crippen molar-refractivity contribution >= 4 is 29.6 Å². The topological polar surface area (TPSA) is 205 Å². The fourth-order valence-electron chi connectivity index (χ4n) is 2.98. The van der Waals surface area contributed by atoms with Crippen LogP contribution in [0, 0.1) is 0 Å². The molecule has 164 valence electrons. The van der Waals surface area contributed by atoms with E-state index < -0.39 is 59.9 Å². The summed E-state index contributed by atoms with van der Waals surface area (Å²) in [6.07, 6.45) is -0.925. The van der Waals surface area contributed by atoms with Gasteiger partial charge in [0.1, 0.15) is 18.1 Å². The molecule has 12 nitrogen and oxygen atoms in total. The third-order valence-electron chi connectivity index (χ3n) is 4.59. The Morgan fingerprint density at radius 2 is 1.76 bits per heavy atom. The molecule has 0 saturated carbocycles. The van der Waals surface area contributed by atoms with Crippen molar-refractivity contribution in [1.29, 1.82) is 0 Å². The van der Waals surface area contributed by atoms with Crippen LogP contribution in [0.4, 0.5) is 0 Å². The third-order valence-corrected chi connectivity index (χ3v) is 4.59. The summed E-state index contributed by atoms with van der Waals surface area (Å²) in [6.45, 7) is 2.86. The minimum atomic E-state index is -1.40. The van der Waals surface area contributed by atoms with Crippen molar-refractivity contribution in [2.75, 3.05) is 6.54 Å². The van der Waals surface area contributed by atoms with Gasteiger partial charge in [-0.15, -0.1) is 0 Å². The van der Waals surface area contributed by atoms with Crippen LogP contribution in [0.25, 0.3) is 0 Å². The quantitative estimate of drug-likeness (QED) is 0.217. The minimum absolute atomic E-state index is 0.156. The molecule has 0 radical (unpaired) electrons. The van der Waals surface area contributed by atoms with E-state index in [9.17, 15) is 34.2 Å². The Hall–Kier alpha value is -2.73.